The number of hydrogen-bond acceptors (Lipinski definition) is 3. The van der Waals surface area contributed by atoms with Gasteiger partial charge in [-0.3, -0.25) is 9.59 Å². The fraction of sp³-hybridized carbons (Fsp3) is 0.846. The molecule has 18 heavy (non-hydrogen) atoms. The van der Waals surface area contributed by atoms with Crippen LogP contribution >= 0.6 is 0 Å². The molecule has 1 atom stereocenters. The second kappa shape index (κ2) is 11.0. The third kappa shape index (κ3) is 8.98. The van der Waals surface area contributed by atoms with Crippen LogP contribution < -0.4 is 11.1 Å². The zero-order valence-electron chi connectivity index (χ0n) is 11.3. The predicted molar refractivity (Wildman–Crippen MR) is 71.2 cm³/mol. The van der Waals surface area contributed by atoms with Crippen molar-refractivity contribution >= 4 is 11.9 Å². The summed E-state index contributed by atoms with van der Waals surface area (Å²) in [6.07, 6.45) is 5.79. The zero-order valence-corrected chi connectivity index (χ0v) is 11.3. The summed E-state index contributed by atoms with van der Waals surface area (Å²) in [6, 6.07) is 0. The second-order valence-electron chi connectivity index (χ2n) is 4.58. The van der Waals surface area contributed by atoms with Crippen molar-refractivity contribution in [1.82, 2.24) is 5.32 Å². The van der Waals surface area contributed by atoms with E-state index in [0.717, 1.165) is 32.1 Å². The van der Waals surface area contributed by atoms with E-state index in [4.69, 9.17) is 10.8 Å². The third-order valence-corrected chi connectivity index (χ3v) is 2.89. The molecule has 0 rings (SSSR count). The Kier molecular flexibility index (Phi) is 10.3. The van der Waals surface area contributed by atoms with Gasteiger partial charge in [-0.15, -0.1) is 0 Å². The van der Waals surface area contributed by atoms with Crippen molar-refractivity contribution in [3.8, 4) is 0 Å². The average molecular weight is 258 g/mol. The number of unbranched alkanes of at least 4 members (excludes halogenated alkanes) is 3. The van der Waals surface area contributed by atoms with Crippen LogP contribution in [0.2, 0.25) is 0 Å². The number of carbonyl (C=O) groups excluding carboxylic acids is 1. The van der Waals surface area contributed by atoms with Gasteiger partial charge in [-0.25, -0.2) is 0 Å². The summed E-state index contributed by atoms with van der Waals surface area (Å²) in [5.74, 6) is -1.35. The van der Waals surface area contributed by atoms with E-state index in [2.05, 4.69) is 5.32 Å². The quantitative estimate of drug-likeness (QED) is 0.490. The Morgan fingerprint density at radius 2 is 1.89 bits per heavy atom. The van der Waals surface area contributed by atoms with Crippen LogP contribution in [0, 0.1) is 5.92 Å². The lowest BCUT2D eigenvalue weighted by Crippen LogP contribution is -2.32. The molecular formula is C13H26N2O3. The Morgan fingerprint density at radius 3 is 2.44 bits per heavy atom. The molecule has 4 N–H and O–H groups in total. The van der Waals surface area contributed by atoms with Crippen LogP contribution in [0.3, 0.4) is 0 Å². The Bertz CT molecular complexity index is 244. The Hall–Kier alpha value is -1.10. The fourth-order valence-corrected chi connectivity index (χ4v) is 1.77. The summed E-state index contributed by atoms with van der Waals surface area (Å²) in [6.45, 7) is 2.88. The van der Waals surface area contributed by atoms with Gasteiger partial charge in [-0.05, 0) is 25.8 Å². The van der Waals surface area contributed by atoms with Gasteiger partial charge in [0.25, 0.3) is 0 Å². The van der Waals surface area contributed by atoms with E-state index >= 15 is 0 Å². The van der Waals surface area contributed by atoms with Crippen molar-refractivity contribution in [2.45, 2.75) is 51.9 Å². The third-order valence-electron chi connectivity index (χ3n) is 2.89. The van der Waals surface area contributed by atoms with Gasteiger partial charge in [0.1, 0.15) is 0 Å². The molecule has 0 bridgehead atoms. The van der Waals surface area contributed by atoms with Crippen LogP contribution in [-0.4, -0.2) is 30.1 Å². The minimum absolute atomic E-state index is 0.0508. The first-order valence-corrected chi connectivity index (χ1v) is 6.81. The monoisotopic (exact) mass is 258 g/mol. The van der Waals surface area contributed by atoms with E-state index in [-0.39, 0.29) is 12.5 Å². The van der Waals surface area contributed by atoms with E-state index in [0.29, 0.717) is 19.4 Å². The highest BCUT2D eigenvalue weighted by Crippen LogP contribution is 2.06. The number of nitrogens with two attached hydrogens (primary N) is 1. The molecule has 0 aliphatic carbocycles. The highest BCUT2D eigenvalue weighted by Gasteiger charge is 2.16. The molecule has 5 heteroatoms. The number of carboxylic acid groups (broad SMARTS) is 1. The highest BCUT2D eigenvalue weighted by atomic mass is 16.4. The number of hydrogen-bond donors (Lipinski definition) is 3. The van der Waals surface area contributed by atoms with Crippen LogP contribution in [0.1, 0.15) is 51.9 Å². The molecule has 1 unspecified atom stereocenters. The lowest BCUT2D eigenvalue weighted by molar-refractivity contribution is -0.141. The van der Waals surface area contributed by atoms with E-state index in [1.807, 2.05) is 6.92 Å². The second-order valence-corrected chi connectivity index (χ2v) is 4.58. The van der Waals surface area contributed by atoms with Crippen LogP contribution in [0.15, 0.2) is 0 Å². The summed E-state index contributed by atoms with van der Waals surface area (Å²) in [5.41, 5.74) is 5.37. The molecule has 1 amide bonds. The molecule has 0 aliphatic rings. The van der Waals surface area contributed by atoms with Crippen molar-refractivity contribution in [3.63, 3.8) is 0 Å². The van der Waals surface area contributed by atoms with E-state index in [9.17, 15) is 9.59 Å². The van der Waals surface area contributed by atoms with Crippen LogP contribution in [-0.2, 0) is 9.59 Å². The summed E-state index contributed by atoms with van der Waals surface area (Å²) in [5, 5.41) is 11.6. The number of carbonyl (C=O) groups is 2. The molecule has 0 spiro atoms. The van der Waals surface area contributed by atoms with Crippen LogP contribution in [0.25, 0.3) is 0 Å². The number of nitrogens with one attached hydrogen (secondary N) is 1. The van der Waals surface area contributed by atoms with E-state index in [1.165, 1.54) is 0 Å². The molecule has 106 valence electrons. The van der Waals surface area contributed by atoms with Crippen molar-refractivity contribution in [1.29, 1.82) is 0 Å². The maximum Gasteiger partial charge on any atom is 0.308 e. The lowest BCUT2D eigenvalue weighted by Gasteiger charge is -2.12. The number of carboxylic acids is 1. The van der Waals surface area contributed by atoms with Crippen LogP contribution in [0.4, 0.5) is 0 Å². The van der Waals surface area contributed by atoms with Gasteiger partial charge in [-0.2, -0.15) is 0 Å². The average Bonchev–Trinajstić information content (AvgIpc) is 2.33. The van der Waals surface area contributed by atoms with Gasteiger partial charge < -0.3 is 16.2 Å². The molecule has 0 fully saturated rings. The first kappa shape index (κ1) is 16.9. The molecule has 0 aromatic carbocycles. The molecule has 0 saturated carbocycles. The van der Waals surface area contributed by atoms with Gasteiger partial charge >= 0.3 is 5.97 Å². The van der Waals surface area contributed by atoms with E-state index in [1.54, 1.807) is 0 Å². The lowest BCUT2D eigenvalue weighted by atomic mass is 10.0. The van der Waals surface area contributed by atoms with Crippen molar-refractivity contribution in [2.24, 2.45) is 11.7 Å². The molecule has 0 radical (unpaired) electrons. The summed E-state index contributed by atoms with van der Waals surface area (Å²) < 4.78 is 0. The normalized spacial score (nSPS) is 12.1. The molecule has 0 heterocycles. The number of rotatable bonds is 11. The Morgan fingerprint density at radius 1 is 1.22 bits per heavy atom. The standard InChI is InChI=1S/C13H26N2O3/c1-2-7-11(13(17)18)10-15-12(16)8-5-3-4-6-9-14/h11H,2-10,14H2,1H3,(H,15,16)(H,17,18). The fourth-order valence-electron chi connectivity index (χ4n) is 1.77. The molecule has 0 aromatic rings. The Balaban J connectivity index is 3.64. The molecule has 0 saturated heterocycles. The van der Waals surface area contributed by atoms with Crippen molar-refractivity contribution in [2.75, 3.05) is 13.1 Å². The highest BCUT2D eigenvalue weighted by molar-refractivity contribution is 5.77. The SMILES string of the molecule is CCCC(CNC(=O)CCCCCCN)C(=O)O. The van der Waals surface area contributed by atoms with Gasteiger partial charge in [0.05, 0.1) is 5.92 Å². The van der Waals surface area contributed by atoms with Crippen molar-refractivity contribution in [3.05, 3.63) is 0 Å². The Labute approximate surface area is 109 Å². The van der Waals surface area contributed by atoms with Crippen molar-refractivity contribution < 1.29 is 14.7 Å². The zero-order chi connectivity index (χ0) is 13.8. The van der Waals surface area contributed by atoms with Gasteiger partial charge in [0, 0.05) is 13.0 Å². The first-order valence-electron chi connectivity index (χ1n) is 6.81. The van der Waals surface area contributed by atoms with Gasteiger partial charge in [-0.1, -0.05) is 26.2 Å². The van der Waals surface area contributed by atoms with Gasteiger partial charge in [0.2, 0.25) is 5.91 Å². The van der Waals surface area contributed by atoms with Gasteiger partial charge in [0.15, 0.2) is 0 Å². The molecule has 0 aliphatic heterocycles. The maximum atomic E-state index is 11.5. The molecule has 0 aromatic heterocycles. The summed E-state index contributed by atoms with van der Waals surface area (Å²) in [4.78, 5) is 22.3. The van der Waals surface area contributed by atoms with Crippen LogP contribution in [0.5, 0.6) is 0 Å². The number of aliphatic carboxylic acids is 1. The number of amides is 1. The largest absolute Gasteiger partial charge is 0.481 e. The predicted octanol–water partition coefficient (Wildman–Crippen LogP) is 1.51. The minimum atomic E-state index is -0.833. The first-order chi connectivity index (χ1) is 8.61. The van der Waals surface area contributed by atoms with E-state index < -0.39 is 11.9 Å². The maximum absolute atomic E-state index is 11.5. The minimum Gasteiger partial charge on any atom is -0.481 e. The molecular weight excluding hydrogens is 232 g/mol. The summed E-state index contributed by atoms with van der Waals surface area (Å²) >= 11 is 0. The summed E-state index contributed by atoms with van der Waals surface area (Å²) in [7, 11) is 0. The topological polar surface area (TPSA) is 92.4 Å². The smallest absolute Gasteiger partial charge is 0.308 e. The molecule has 5 nitrogen and oxygen atoms in total.